The lowest BCUT2D eigenvalue weighted by atomic mass is 10.0. The predicted molar refractivity (Wildman–Crippen MR) is 96.7 cm³/mol. The first kappa shape index (κ1) is 18.1. The molecular formula is C18H24N6O2. The van der Waals surface area contributed by atoms with Gasteiger partial charge in [0.05, 0.1) is 7.11 Å². The van der Waals surface area contributed by atoms with E-state index in [0.29, 0.717) is 31.1 Å². The number of carbonyl (C=O) groups is 1. The molecule has 0 bridgehead atoms. The summed E-state index contributed by atoms with van der Waals surface area (Å²) in [6, 6.07) is 1.96. The van der Waals surface area contributed by atoms with Gasteiger partial charge in [-0.3, -0.25) is 4.79 Å². The molecule has 0 unspecified atom stereocenters. The first-order chi connectivity index (χ1) is 12.6. The Morgan fingerprint density at radius 3 is 2.85 bits per heavy atom. The molecule has 1 aromatic heterocycles. The van der Waals surface area contributed by atoms with Crippen LogP contribution in [-0.2, 0) is 4.79 Å². The van der Waals surface area contributed by atoms with Crippen LogP contribution in [0.4, 0.5) is 5.95 Å². The van der Waals surface area contributed by atoms with Crippen molar-refractivity contribution in [3.05, 3.63) is 12.3 Å². The van der Waals surface area contributed by atoms with Crippen LogP contribution in [0.1, 0.15) is 38.5 Å². The van der Waals surface area contributed by atoms with E-state index >= 15 is 0 Å². The smallest absolute Gasteiger partial charge is 0.226 e. The average Bonchev–Trinajstić information content (AvgIpc) is 3.45. The van der Waals surface area contributed by atoms with E-state index in [-0.39, 0.29) is 17.6 Å². The molecule has 1 fully saturated rings. The fourth-order valence-corrected chi connectivity index (χ4v) is 3.11. The lowest BCUT2D eigenvalue weighted by Gasteiger charge is -2.32. The Balaban J connectivity index is 1.40. The molecule has 0 saturated carbocycles. The van der Waals surface area contributed by atoms with Crippen molar-refractivity contribution in [2.75, 3.05) is 25.5 Å². The Labute approximate surface area is 153 Å². The third-order valence-electron chi connectivity index (χ3n) is 4.81. The SMILES string of the molecule is C#CCCC1(CCC(=O)N2CCC(Nc3nccc(OC)n3)CC2)N=N1. The van der Waals surface area contributed by atoms with Crippen molar-refractivity contribution in [1.82, 2.24) is 14.9 Å². The van der Waals surface area contributed by atoms with Crippen LogP contribution >= 0.6 is 0 Å². The van der Waals surface area contributed by atoms with E-state index < -0.39 is 0 Å². The molecule has 138 valence electrons. The van der Waals surface area contributed by atoms with Gasteiger partial charge < -0.3 is 15.0 Å². The Morgan fingerprint density at radius 2 is 2.19 bits per heavy atom. The van der Waals surface area contributed by atoms with Crippen LogP contribution in [-0.4, -0.2) is 52.7 Å². The van der Waals surface area contributed by atoms with Crippen LogP contribution < -0.4 is 10.1 Å². The van der Waals surface area contributed by atoms with E-state index in [4.69, 9.17) is 11.2 Å². The molecule has 0 radical (unpaired) electrons. The zero-order chi connectivity index (χ0) is 18.4. The van der Waals surface area contributed by atoms with Gasteiger partial charge in [0.25, 0.3) is 0 Å². The van der Waals surface area contributed by atoms with Crippen molar-refractivity contribution in [2.24, 2.45) is 10.2 Å². The van der Waals surface area contributed by atoms with Gasteiger partial charge in [0, 0.05) is 57.1 Å². The van der Waals surface area contributed by atoms with Crippen molar-refractivity contribution in [2.45, 2.75) is 50.2 Å². The van der Waals surface area contributed by atoms with E-state index in [2.05, 4.69) is 31.4 Å². The lowest BCUT2D eigenvalue weighted by molar-refractivity contribution is -0.132. The number of anilines is 1. The summed E-state index contributed by atoms with van der Waals surface area (Å²) in [5.74, 6) is 3.86. The molecule has 3 rings (SSSR count). The Kier molecular flexibility index (Phi) is 5.66. The van der Waals surface area contributed by atoms with Gasteiger partial charge in [-0.15, -0.1) is 12.3 Å². The molecular weight excluding hydrogens is 332 g/mol. The zero-order valence-corrected chi connectivity index (χ0v) is 15.0. The van der Waals surface area contributed by atoms with Crippen LogP contribution in [0, 0.1) is 12.3 Å². The number of piperidine rings is 1. The minimum absolute atomic E-state index is 0.165. The Bertz CT molecular complexity index is 700. The highest BCUT2D eigenvalue weighted by Gasteiger charge is 2.39. The third-order valence-corrected chi connectivity index (χ3v) is 4.81. The third kappa shape index (κ3) is 4.69. The summed E-state index contributed by atoms with van der Waals surface area (Å²) in [5.41, 5.74) is -0.383. The number of hydrogen-bond acceptors (Lipinski definition) is 7. The van der Waals surface area contributed by atoms with Crippen LogP contribution in [0.5, 0.6) is 5.88 Å². The molecule has 1 amide bonds. The summed E-state index contributed by atoms with van der Waals surface area (Å²) in [5, 5.41) is 11.5. The Morgan fingerprint density at radius 1 is 1.42 bits per heavy atom. The summed E-state index contributed by atoms with van der Waals surface area (Å²) in [6.45, 7) is 1.46. The van der Waals surface area contributed by atoms with Crippen LogP contribution in [0.2, 0.25) is 0 Å². The largest absolute Gasteiger partial charge is 0.481 e. The summed E-state index contributed by atoms with van der Waals surface area (Å²) in [7, 11) is 1.58. The van der Waals surface area contributed by atoms with Crippen LogP contribution in [0.15, 0.2) is 22.5 Å². The molecule has 3 heterocycles. The standard InChI is InChI=1S/C18H24N6O2/c1-3-4-9-18(22-23-18)10-5-16(25)24-12-7-14(8-13-24)20-17-19-11-6-15(21-17)26-2/h1,6,11,14H,4-5,7-10,12-13H2,2H3,(H,19,20,21). The molecule has 0 aromatic carbocycles. The van der Waals surface area contributed by atoms with E-state index in [9.17, 15) is 4.79 Å². The molecule has 2 aliphatic rings. The monoisotopic (exact) mass is 356 g/mol. The second kappa shape index (κ2) is 8.13. The number of ether oxygens (including phenoxy) is 1. The number of methoxy groups -OCH3 is 1. The first-order valence-electron chi connectivity index (χ1n) is 8.93. The highest BCUT2D eigenvalue weighted by atomic mass is 16.5. The quantitative estimate of drug-likeness (QED) is 0.721. The number of rotatable bonds is 8. The van der Waals surface area contributed by atoms with Crippen LogP contribution in [0.25, 0.3) is 0 Å². The summed E-state index contributed by atoms with van der Waals surface area (Å²) in [4.78, 5) is 22.8. The van der Waals surface area contributed by atoms with E-state index in [1.807, 2.05) is 4.90 Å². The maximum Gasteiger partial charge on any atom is 0.226 e. The molecule has 26 heavy (non-hydrogen) atoms. The van der Waals surface area contributed by atoms with Crippen molar-refractivity contribution < 1.29 is 9.53 Å². The second-order valence-corrected chi connectivity index (χ2v) is 6.61. The van der Waals surface area contributed by atoms with Crippen molar-refractivity contribution in [3.8, 4) is 18.2 Å². The fraction of sp³-hybridized carbons (Fsp3) is 0.611. The number of aromatic nitrogens is 2. The summed E-state index contributed by atoms with van der Waals surface area (Å²) >= 11 is 0. The van der Waals surface area contributed by atoms with E-state index in [1.54, 1.807) is 19.4 Å². The van der Waals surface area contributed by atoms with Gasteiger partial charge in [-0.25, -0.2) is 4.98 Å². The molecule has 0 aliphatic carbocycles. The number of terminal acetylenes is 1. The molecule has 1 aromatic rings. The minimum Gasteiger partial charge on any atom is -0.481 e. The van der Waals surface area contributed by atoms with Crippen molar-refractivity contribution >= 4 is 11.9 Å². The molecule has 0 atom stereocenters. The summed E-state index contributed by atoms with van der Waals surface area (Å²) in [6.07, 6.45) is 11.2. The van der Waals surface area contributed by atoms with E-state index in [1.165, 1.54) is 0 Å². The fourth-order valence-electron chi connectivity index (χ4n) is 3.11. The molecule has 8 heteroatoms. The second-order valence-electron chi connectivity index (χ2n) is 6.61. The molecule has 0 spiro atoms. The molecule has 8 nitrogen and oxygen atoms in total. The Hall–Kier alpha value is -2.69. The number of nitrogens with zero attached hydrogens (tertiary/aromatic N) is 5. The maximum atomic E-state index is 12.4. The van der Waals surface area contributed by atoms with Gasteiger partial charge >= 0.3 is 0 Å². The maximum absolute atomic E-state index is 12.4. The number of likely N-dealkylation sites (tertiary alicyclic amines) is 1. The number of amides is 1. The van der Waals surface area contributed by atoms with Crippen molar-refractivity contribution in [3.63, 3.8) is 0 Å². The van der Waals surface area contributed by atoms with Gasteiger partial charge in [-0.1, -0.05) is 0 Å². The highest BCUT2D eigenvalue weighted by molar-refractivity contribution is 5.76. The number of carbonyl (C=O) groups excluding carboxylic acids is 1. The number of nitrogens with one attached hydrogen (secondary N) is 1. The lowest BCUT2D eigenvalue weighted by Crippen LogP contribution is -2.42. The van der Waals surface area contributed by atoms with Crippen molar-refractivity contribution in [1.29, 1.82) is 0 Å². The van der Waals surface area contributed by atoms with Crippen LogP contribution in [0.3, 0.4) is 0 Å². The first-order valence-corrected chi connectivity index (χ1v) is 8.93. The van der Waals surface area contributed by atoms with E-state index in [0.717, 1.165) is 32.4 Å². The number of hydrogen-bond donors (Lipinski definition) is 1. The van der Waals surface area contributed by atoms with Gasteiger partial charge in [0.1, 0.15) is 0 Å². The molecule has 1 saturated heterocycles. The minimum atomic E-state index is -0.383. The highest BCUT2D eigenvalue weighted by Crippen LogP contribution is 2.37. The zero-order valence-electron chi connectivity index (χ0n) is 15.0. The molecule has 1 N–H and O–H groups in total. The normalized spacial score (nSPS) is 18.2. The molecule has 2 aliphatic heterocycles. The van der Waals surface area contributed by atoms with Gasteiger partial charge in [0.2, 0.25) is 17.7 Å². The average molecular weight is 356 g/mol. The van der Waals surface area contributed by atoms with Gasteiger partial charge in [-0.05, 0) is 12.8 Å². The predicted octanol–water partition coefficient (Wildman–Crippen LogP) is 2.24. The topological polar surface area (TPSA) is 92.1 Å². The van der Waals surface area contributed by atoms with Gasteiger partial charge in [-0.2, -0.15) is 15.2 Å². The summed E-state index contributed by atoms with van der Waals surface area (Å²) < 4.78 is 5.11. The van der Waals surface area contributed by atoms with Gasteiger partial charge in [0.15, 0.2) is 5.66 Å².